The largest absolute Gasteiger partial charge is 0.497 e. The molecule has 122 valence electrons. The zero-order chi connectivity index (χ0) is 16.0. The fourth-order valence-corrected chi connectivity index (χ4v) is 4.22. The molecular weight excluding hydrogens is 290 g/mol. The lowest BCUT2D eigenvalue weighted by atomic mass is 9.78. The Hall–Kier alpha value is -1.88. The van der Waals surface area contributed by atoms with E-state index in [4.69, 9.17) is 9.84 Å². The van der Waals surface area contributed by atoms with Gasteiger partial charge in [-0.25, -0.2) is 5.01 Å². The summed E-state index contributed by atoms with van der Waals surface area (Å²) in [5, 5.41) is 6.54. The van der Waals surface area contributed by atoms with Crippen molar-refractivity contribution >= 4 is 11.6 Å². The maximum Gasteiger partial charge on any atom is 0.243 e. The second kappa shape index (κ2) is 5.64. The summed E-state index contributed by atoms with van der Waals surface area (Å²) in [5.74, 6) is 1.50. The van der Waals surface area contributed by atoms with E-state index in [9.17, 15) is 4.79 Å². The Morgan fingerprint density at radius 3 is 2.52 bits per heavy atom. The molecule has 0 saturated carbocycles. The average Bonchev–Trinajstić information content (AvgIpc) is 3.04. The summed E-state index contributed by atoms with van der Waals surface area (Å²) in [6.07, 6.45) is 2.85. The number of methoxy groups -OCH3 is 1. The summed E-state index contributed by atoms with van der Waals surface area (Å²) < 4.78 is 5.26. The molecule has 5 heteroatoms. The summed E-state index contributed by atoms with van der Waals surface area (Å²) >= 11 is 0. The smallest absolute Gasteiger partial charge is 0.243 e. The number of benzene rings is 1. The van der Waals surface area contributed by atoms with Crippen molar-refractivity contribution in [2.75, 3.05) is 20.2 Å². The van der Waals surface area contributed by atoms with Gasteiger partial charge in [-0.2, -0.15) is 5.10 Å². The normalized spacial score (nSPS) is 31.7. The second-order valence-corrected chi connectivity index (χ2v) is 6.59. The van der Waals surface area contributed by atoms with Crippen molar-refractivity contribution in [1.82, 2.24) is 9.91 Å². The van der Waals surface area contributed by atoms with Crippen molar-refractivity contribution in [3.8, 4) is 5.75 Å². The maximum atomic E-state index is 12.5. The summed E-state index contributed by atoms with van der Waals surface area (Å²) in [6, 6.07) is 8.34. The molecule has 0 N–H and O–H groups in total. The van der Waals surface area contributed by atoms with Gasteiger partial charge in [-0.15, -0.1) is 0 Å². The number of amides is 1. The van der Waals surface area contributed by atoms with Crippen LogP contribution in [0.1, 0.15) is 37.8 Å². The number of carbonyl (C=O) groups excluding carboxylic acids is 1. The third-order valence-corrected chi connectivity index (χ3v) is 5.45. The predicted octanol–water partition coefficient (Wildman–Crippen LogP) is 2.44. The minimum Gasteiger partial charge on any atom is -0.497 e. The molecule has 4 aliphatic heterocycles. The van der Waals surface area contributed by atoms with Crippen LogP contribution in [0.3, 0.4) is 0 Å². The van der Waals surface area contributed by atoms with Crippen molar-refractivity contribution < 1.29 is 9.53 Å². The van der Waals surface area contributed by atoms with Crippen molar-refractivity contribution in [2.45, 2.75) is 38.3 Å². The van der Waals surface area contributed by atoms with Crippen LogP contribution in [0, 0.1) is 5.92 Å². The Labute approximate surface area is 136 Å². The van der Waals surface area contributed by atoms with Crippen LogP contribution in [0.25, 0.3) is 0 Å². The Morgan fingerprint density at radius 1 is 1.22 bits per heavy atom. The third-order valence-electron chi connectivity index (χ3n) is 5.45. The van der Waals surface area contributed by atoms with Gasteiger partial charge < -0.3 is 4.74 Å². The van der Waals surface area contributed by atoms with Crippen LogP contribution >= 0.6 is 0 Å². The average molecular weight is 313 g/mol. The number of ether oxygens (including phenoxy) is 1. The molecule has 0 spiro atoms. The molecule has 0 aliphatic carbocycles. The van der Waals surface area contributed by atoms with Gasteiger partial charge in [0, 0.05) is 12.3 Å². The van der Waals surface area contributed by atoms with Crippen LogP contribution in [-0.2, 0) is 4.79 Å². The standard InChI is InChI=1S/C18H23N3O2/c1-3-15(22)21-17(13-4-6-14(23-2)7-5-13)18-16(19-21)12-8-10-20(18)11-9-12/h4-7,12,17-18H,3,8-11H2,1-2H3/t17-,18-/m1/s1. The predicted molar refractivity (Wildman–Crippen MR) is 88.4 cm³/mol. The molecule has 4 heterocycles. The lowest BCUT2D eigenvalue weighted by molar-refractivity contribution is -0.133. The molecule has 0 radical (unpaired) electrons. The molecule has 0 aromatic heterocycles. The fraction of sp³-hybridized carbons (Fsp3) is 0.556. The summed E-state index contributed by atoms with van der Waals surface area (Å²) in [7, 11) is 1.67. The number of rotatable bonds is 3. The van der Waals surface area contributed by atoms with E-state index in [0.29, 0.717) is 12.3 Å². The van der Waals surface area contributed by atoms with Gasteiger partial charge in [-0.3, -0.25) is 9.69 Å². The van der Waals surface area contributed by atoms with Crippen LogP contribution in [0.4, 0.5) is 0 Å². The number of piperidine rings is 3. The zero-order valence-corrected chi connectivity index (χ0v) is 13.7. The van der Waals surface area contributed by atoms with E-state index in [2.05, 4.69) is 17.0 Å². The molecule has 5 nitrogen and oxygen atoms in total. The summed E-state index contributed by atoms with van der Waals surface area (Å²) in [5.41, 5.74) is 2.37. The number of fused-ring (bicyclic) bond motifs is 2. The van der Waals surface area contributed by atoms with E-state index in [0.717, 1.165) is 24.4 Å². The number of carbonyl (C=O) groups is 1. The van der Waals surface area contributed by atoms with Gasteiger partial charge in [-0.05, 0) is 43.6 Å². The highest BCUT2D eigenvalue weighted by Crippen LogP contribution is 2.43. The van der Waals surface area contributed by atoms with E-state index in [-0.39, 0.29) is 18.0 Å². The van der Waals surface area contributed by atoms with E-state index < -0.39 is 0 Å². The molecule has 0 unspecified atom stereocenters. The second-order valence-electron chi connectivity index (χ2n) is 6.59. The number of nitrogens with zero attached hydrogens (tertiary/aromatic N) is 3. The lowest BCUT2D eigenvalue weighted by Gasteiger charge is -2.46. The Bertz CT molecular complexity index is 632. The number of hydrazone groups is 1. The van der Waals surface area contributed by atoms with Gasteiger partial charge in [0.25, 0.3) is 0 Å². The SMILES string of the molecule is CCC(=O)N1N=C2C3CCN(CC3)[C@H]2[C@H]1c1ccc(OC)cc1. The van der Waals surface area contributed by atoms with Crippen LogP contribution < -0.4 is 4.74 Å². The molecule has 3 saturated heterocycles. The maximum absolute atomic E-state index is 12.5. The minimum atomic E-state index is 0.00598. The minimum absolute atomic E-state index is 0.00598. The van der Waals surface area contributed by atoms with Crippen LogP contribution in [0.2, 0.25) is 0 Å². The van der Waals surface area contributed by atoms with Crippen molar-refractivity contribution in [3.63, 3.8) is 0 Å². The van der Waals surface area contributed by atoms with E-state index in [1.54, 1.807) is 12.1 Å². The van der Waals surface area contributed by atoms with Crippen molar-refractivity contribution in [1.29, 1.82) is 0 Å². The Kier molecular flexibility index (Phi) is 3.60. The highest BCUT2D eigenvalue weighted by molar-refractivity contribution is 5.97. The van der Waals surface area contributed by atoms with Crippen molar-refractivity contribution in [3.05, 3.63) is 29.8 Å². The molecule has 3 fully saturated rings. The van der Waals surface area contributed by atoms with Gasteiger partial charge >= 0.3 is 0 Å². The molecule has 23 heavy (non-hydrogen) atoms. The van der Waals surface area contributed by atoms with Gasteiger partial charge in [-0.1, -0.05) is 19.1 Å². The molecule has 4 aliphatic rings. The van der Waals surface area contributed by atoms with Crippen molar-refractivity contribution in [2.24, 2.45) is 11.0 Å². The monoisotopic (exact) mass is 313 g/mol. The molecular formula is C18H23N3O2. The van der Waals surface area contributed by atoms with Crippen LogP contribution in [-0.4, -0.2) is 47.8 Å². The molecule has 1 aromatic carbocycles. The third kappa shape index (κ3) is 2.26. The first-order valence-corrected chi connectivity index (χ1v) is 8.51. The topological polar surface area (TPSA) is 45.1 Å². The first-order valence-electron chi connectivity index (χ1n) is 8.51. The molecule has 2 bridgehead atoms. The van der Waals surface area contributed by atoms with Gasteiger partial charge in [0.05, 0.1) is 18.9 Å². The van der Waals surface area contributed by atoms with E-state index in [1.807, 2.05) is 19.1 Å². The van der Waals surface area contributed by atoms with Crippen LogP contribution in [0.5, 0.6) is 5.75 Å². The van der Waals surface area contributed by atoms with Gasteiger partial charge in [0.15, 0.2) is 0 Å². The first-order chi connectivity index (χ1) is 11.2. The number of hydrogen-bond donors (Lipinski definition) is 0. The molecule has 1 aromatic rings. The molecule has 2 atom stereocenters. The lowest BCUT2D eigenvalue weighted by Crippen LogP contribution is -2.56. The highest BCUT2D eigenvalue weighted by atomic mass is 16.5. The van der Waals surface area contributed by atoms with E-state index in [1.165, 1.54) is 18.6 Å². The summed E-state index contributed by atoms with van der Waals surface area (Å²) in [4.78, 5) is 15.0. The fourth-order valence-electron chi connectivity index (χ4n) is 4.22. The quantitative estimate of drug-likeness (QED) is 0.861. The van der Waals surface area contributed by atoms with Crippen LogP contribution in [0.15, 0.2) is 29.4 Å². The number of hydrogen-bond acceptors (Lipinski definition) is 4. The highest BCUT2D eigenvalue weighted by Gasteiger charge is 2.50. The van der Waals surface area contributed by atoms with E-state index >= 15 is 0 Å². The zero-order valence-electron chi connectivity index (χ0n) is 13.7. The molecule has 1 amide bonds. The molecule has 5 rings (SSSR count). The summed E-state index contributed by atoms with van der Waals surface area (Å²) in [6.45, 7) is 4.15. The first kappa shape index (κ1) is 14.7. The Morgan fingerprint density at radius 2 is 1.91 bits per heavy atom. The Balaban J connectivity index is 1.73. The van der Waals surface area contributed by atoms with Gasteiger partial charge in [0.2, 0.25) is 5.91 Å². The van der Waals surface area contributed by atoms with Gasteiger partial charge in [0.1, 0.15) is 11.8 Å².